The normalized spacial score (nSPS) is 12.5. The van der Waals surface area contributed by atoms with Gasteiger partial charge in [-0.3, -0.25) is 4.99 Å². The van der Waals surface area contributed by atoms with Gasteiger partial charge in [-0.05, 0) is 81.5 Å². The van der Waals surface area contributed by atoms with Crippen LogP contribution in [0, 0.1) is 0 Å². The summed E-state index contributed by atoms with van der Waals surface area (Å²) >= 11 is 0. The number of hydrogen-bond donors (Lipinski definition) is 3. The van der Waals surface area contributed by atoms with Crippen LogP contribution in [0.1, 0.15) is 38.7 Å². The predicted molar refractivity (Wildman–Crippen MR) is 156 cm³/mol. The Morgan fingerprint density at radius 1 is 1.02 bits per heavy atom. The third-order valence-electron chi connectivity index (χ3n) is 6.11. The molecule has 12 nitrogen and oxygen atoms in total. The lowest BCUT2D eigenvalue weighted by molar-refractivity contribution is -0.170. The summed E-state index contributed by atoms with van der Waals surface area (Å²) < 4.78 is 40.6. The minimum absolute atomic E-state index is 0.0464. The lowest BCUT2D eigenvalue weighted by Crippen LogP contribution is -2.44. The Morgan fingerprint density at radius 2 is 1.71 bits per heavy atom. The Balaban J connectivity index is 1.48. The van der Waals surface area contributed by atoms with Crippen molar-refractivity contribution in [3.63, 3.8) is 0 Å². The van der Waals surface area contributed by atoms with Gasteiger partial charge in [0, 0.05) is 30.2 Å². The van der Waals surface area contributed by atoms with Crippen molar-refractivity contribution in [1.82, 2.24) is 4.57 Å². The van der Waals surface area contributed by atoms with Crippen molar-refractivity contribution in [2.24, 2.45) is 22.2 Å². The molecule has 0 radical (unpaired) electrons. The summed E-state index contributed by atoms with van der Waals surface area (Å²) in [5.41, 5.74) is 17.0. The number of nitrogens with zero attached hydrogens (tertiary/aromatic N) is 2. The fourth-order valence-electron chi connectivity index (χ4n) is 4.04. The largest absolute Gasteiger partial charge is 0.476 e. The van der Waals surface area contributed by atoms with Crippen LogP contribution in [-0.2, 0) is 37.4 Å². The van der Waals surface area contributed by atoms with Gasteiger partial charge in [0.1, 0.15) is 17.5 Å². The van der Waals surface area contributed by atoms with E-state index in [9.17, 15) is 18.0 Å². The lowest BCUT2D eigenvalue weighted by atomic mass is 10.1. The van der Waals surface area contributed by atoms with Gasteiger partial charge < -0.3 is 35.4 Å². The first kappa shape index (κ1) is 31.4. The molecule has 1 heterocycles. The number of benzene rings is 2. The Morgan fingerprint density at radius 3 is 2.37 bits per heavy atom. The first-order valence-electron chi connectivity index (χ1n) is 13.1. The van der Waals surface area contributed by atoms with Crippen LogP contribution >= 0.6 is 0 Å². The van der Waals surface area contributed by atoms with E-state index in [0.29, 0.717) is 18.7 Å². The van der Waals surface area contributed by atoms with E-state index in [1.165, 1.54) is 13.8 Å². The maximum Gasteiger partial charge on any atom is 0.357 e. The van der Waals surface area contributed by atoms with E-state index in [0.717, 1.165) is 42.1 Å². The van der Waals surface area contributed by atoms with Crippen LogP contribution < -0.4 is 26.1 Å². The Kier molecular flexibility index (Phi) is 10.4. The third kappa shape index (κ3) is 9.80. The average molecular weight is 588 g/mol. The molecule has 0 aliphatic carbocycles. The van der Waals surface area contributed by atoms with E-state index < -0.39 is 33.7 Å². The first-order valence-corrected chi connectivity index (χ1v) is 14.9. The molecule has 1 atom stereocenters. The Labute approximate surface area is 239 Å². The lowest BCUT2D eigenvalue weighted by Gasteiger charge is -2.24. The number of fused-ring (bicyclic) bond motifs is 1. The van der Waals surface area contributed by atoms with Crippen molar-refractivity contribution in [1.29, 1.82) is 0 Å². The minimum atomic E-state index is -3.58. The second-order valence-electron chi connectivity index (χ2n) is 10.1. The molecule has 0 bridgehead atoms. The molecule has 41 heavy (non-hydrogen) atoms. The zero-order valence-electron chi connectivity index (χ0n) is 23.4. The molecule has 6 N–H and O–H groups in total. The van der Waals surface area contributed by atoms with Crippen LogP contribution in [0.2, 0.25) is 0 Å². The average Bonchev–Trinajstić information content (AvgIpc) is 3.28. The Hall–Kier alpha value is -4.10. The van der Waals surface area contributed by atoms with E-state index >= 15 is 0 Å². The molecule has 0 saturated carbocycles. The second kappa shape index (κ2) is 13.5. The SMILES string of the molecule is CC(C)(Oc1ccc(CCCn2ccc3cc(OS(C)(=O)=O)ccc32)cc1)C(=O)OC(=O)[C@@H](N)CCCN=C(N)N. The number of nitrogens with two attached hydrogens (primary N) is 3. The van der Waals surface area contributed by atoms with E-state index in [2.05, 4.69) is 9.56 Å². The smallest absolute Gasteiger partial charge is 0.357 e. The second-order valence-corrected chi connectivity index (χ2v) is 11.7. The van der Waals surface area contributed by atoms with Gasteiger partial charge in [0.15, 0.2) is 5.96 Å². The number of aromatic nitrogens is 1. The molecule has 1 aromatic heterocycles. The molecule has 3 rings (SSSR count). The molecule has 0 amide bonds. The summed E-state index contributed by atoms with van der Waals surface area (Å²) in [6.45, 7) is 4.10. The number of aliphatic imine (C=N–C) groups is 1. The van der Waals surface area contributed by atoms with Gasteiger partial charge in [0.05, 0.1) is 6.26 Å². The Bertz CT molecular complexity index is 1490. The molecular formula is C28H37N5O7S. The summed E-state index contributed by atoms with van der Waals surface area (Å²) in [4.78, 5) is 28.6. The molecule has 2 aromatic carbocycles. The summed E-state index contributed by atoms with van der Waals surface area (Å²) in [6, 6.07) is 13.5. The number of hydrogen-bond acceptors (Lipinski definition) is 9. The molecule has 0 saturated heterocycles. The number of esters is 2. The standard InChI is InChI=1S/C28H37N5O7S/c1-28(2,26(35)38-25(34)23(29)7-4-15-32-27(30)31)39-21-10-8-19(9-11-21)6-5-16-33-17-14-20-18-22(12-13-24(20)33)40-41(3,36)37/h8-14,17-18,23H,4-7,15-16,29H2,1-3H3,(H4,30,31,32)/t23-/m0/s1. The van der Waals surface area contributed by atoms with Crippen molar-refractivity contribution in [3.8, 4) is 11.5 Å². The highest BCUT2D eigenvalue weighted by Crippen LogP contribution is 2.24. The van der Waals surface area contributed by atoms with Crippen molar-refractivity contribution in [2.75, 3.05) is 12.8 Å². The van der Waals surface area contributed by atoms with Crippen LogP contribution in [0.5, 0.6) is 11.5 Å². The van der Waals surface area contributed by atoms with Gasteiger partial charge >= 0.3 is 22.1 Å². The topological polar surface area (TPSA) is 191 Å². The summed E-state index contributed by atoms with van der Waals surface area (Å²) in [6.07, 6.45) is 5.34. The molecule has 0 aliphatic rings. The number of guanidine groups is 1. The monoisotopic (exact) mass is 587 g/mol. The van der Waals surface area contributed by atoms with Crippen LogP contribution in [-0.4, -0.2) is 55.3 Å². The number of ether oxygens (including phenoxy) is 2. The van der Waals surface area contributed by atoms with Crippen LogP contribution in [0.25, 0.3) is 10.9 Å². The van der Waals surface area contributed by atoms with Crippen LogP contribution in [0.3, 0.4) is 0 Å². The van der Waals surface area contributed by atoms with E-state index in [4.69, 9.17) is 30.9 Å². The highest BCUT2D eigenvalue weighted by Gasteiger charge is 2.35. The van der Waals surface area contributed by atoms with Crippen molar-refractivity contribution < 1.29 is 31.7 Å². The summed E-state index contributed by atoms with van der Waals surface area (Å²) in [5.74, 6) is -1.00. The van der Waals surface area contributed by atoms with Gasteiger partial charge in [-0.1, -0.05) is 12.1 Å². The van der Waals surface area contributed by atoms with Gasteiger partial charge in [-0.2, -0.15) is 8.42 Å². The third-order valence-corrected chi connectivity index (χ3v) is 6.60. The van der Waals surface area contributed by atoms with Gasteiger partial charge in [0.25, 0.3) is 0 Å². The molecule has 0 aliphatic heterocycles. The summed E-state index contributed by atoms with van der Waals surface area (Å²) in [7, 11) is -3.58. The van der Waals surface area contributed by atoms with Crippen LogP contribution in [0.15, 0.2) is 59.7 Å². The number of rotatable bonds is 14. The van der Waals surface area contributed by atoms with Crippen LogP contribution in [0.4, 0.5) is 0 Å². The van der Waals surface area contributed by atoms with Crippen molar-refractivity contribution in [3.05, 3.63) is 60.3 Å². The highest BCUT2D eigenvalue weighted by molar-refractivity contribution is 7.86. The number of aryl methyl sites for hydroxylation is 2. The maximum atomic E-state index is 12.6. The number of carbonyl (C=O) groups is 2. The zero-order chi connectivity index (χ0) is 30.2. The molecule has 0 unspecified atom stereocenters. The van der Waals surface area contributed by atoms with Gasteiger partial charge in [0.2, 0.25) is 5.60 Å². The quantitative estimate of drug-likeness (QED) is 0.0629. The van der Waals surface area contributed by atoms with Crippen molar-refractivity contribution >= 4 is 38.9 Å². The zero-order valence-corrected chi connectivity index (χ0v) is 24.2. The van der Waals surface area contributed by atoms with Crippen molar-refractivity contribution in [2.45, 2.75) is 57.7 Å². The molecule has 3 aromatic rings. The van der Waals surface area contributed by atoms with E-state index in [-0.39, 0.29) is 18.1 Å². The summed E-state index contributed by atoms with van der Waals surface area (Å²) in [5, 5.41) is 0.889. The predicted octanol–water partition coefficient (Wildman–Crippen LogP) is 2.22. The number of carbonyl (C=O) groups excluding carboxylic acids is 2. The maximum absolute atomic E-state index is 12.6. The van der Waals surface area contributed by atoms with E-state index in [1.54, 1.807) is 24.3 Å². The first-order chi connectivity index (χ1) is 19.2. The molecule has 0 fully saturated rings. The minimum Gasteiger partial charge on any atom is -0.476 e. The van der Waals surface area contributed by atoms with E-state index in [1.807, 2.05) is 30.5 Å². The molecule has 0 spiro atoms. The molecule has 222 valence electrons. The van der Waals surface area contributed by atoms with Gasteiger partial charge in [-0.25, -0.2) is 9.59 Å². The fraction of sp³-hybridized carbons (Fsp3) is 0.393. The van der Waals surface area contributed by atoms with Gasteiger partial charge in [-0.15, -0.1) is 0 Å². The molecular weight excluding hydrogens is 550 g/mol. The fourth-order valence-corrected chi connectivity index (χ4v) is 4.49. The molecule has 13 heteroatoms. The highest BCUT2D eigenvalue weighted by atomic mass is 32.2.